The van der Waals surface area contributed by atoms with Crippen LogP contribution < -0.4 is 10.2 Å². The summed E-state index contributed by atoms with van der Waals surface area (Å²) >= 11 is 0. The molecule has 0 bridgehead atoms. The second-order valence-electron chi connectivity index (χ2n) is 7.02. The van der Waals surface area contributed by atoms with Gasteiger partial charge in [-0.3, -0.25) is 19.3 Å². The van der Waals surface area contributed by atoms with Crippen molar-refractivity contribution in [3.8, 4) is 0 Å². The summed E-state index contributed by atoms with van der Waals surface area (Å²) in [5.74, 6) is -2.37. The third kappa shape index (κ3) is 5.87. The quantitative estimate of drug-likeness (QED) is 0.511. The molecule has 29 heavy (non-hydrogen) atoms. The normalized spacial score (nSPS) is 14.7. The average molecular weight is 404 g/mol. The SMILES string of the molecule is COC(=O)[C@@H](CC(C)C)NC(=O)COC(=O)c1ccc(N2C(=O)CCC2=O)cc1. The third-order valence-corrected chi connectivity index (χ3v) is 4.28. The lowest BCUT2D eigenvalue weighted by atomic mass is 10.0. The van der Waals surface area contributed by atoms with Crippen LogP contribution in [0.3, 0.4) is 0 Å². The van der Waals surface area contributed by atoms with Gasteiger partial charge < -0.3 is 14.8 Å². The van der Waals surface area contributed by atoms with Gasteiger partial charge in [-0.15, -0.1) is 0 Å². The maximum absolute atomic E-state index is 12.1. The number of nitrogens with zero attached hydrogens (tertiary/aromatic N) is 1. The molecule has 0 unspecified atom stereocenters. The molecule has 0 saturated carbocycles. The van der Waals surface area contributed by atoms with E-state index in [0.717, 1.165) is 4.90 Å². The molecular weight excluding hydrogens is 380 g/mol. The van der Waals surface area contributed by atoms with E-state index in [1.54, 1.807) is 0 Å². The first kappa shape index (κ1) is 22.1. The van der Waals surface area contributed by atoms with E-state index >= 15 is 0 Å². The lowest BCUT2D eigenvalue weighted by molar-refractivity contribution is -0.145. The Balaban J connectivity index is 1.91. The minimum atomic E-state index is -0.818. The molecule has 1 atom stereocenters. The molecule has 1 aromatic rings. The van der Waals surface area contributed by atoms with E-state index in [-0.39, 0.29) is 36.1 Å². The van der Waals surface area contributed by atoms with Crippen LogP contribution in [0.2, 0.25) is 0 Å². The minimum Gasteiger partial charge on any atom is -0.467 e. The van der Waals surface area contributed by atoms with Gasteiger partial charge in [0.1, 0.15) is 6.04 Å². The molecule has 1 N–H and O–H groups in total. The number of anilines is 1. The fourth-order valence-electron chi connectivity index (χ4n) is 2.89. The van der Waals surface area contributed by atoms with Crippen molar-refractivity contribution in [1.29, 1.82) is 0 Å². The first-order valence-electron chi connectivity index (χ1n) is 9.23. The molecule has 1 saturated heterocycles. The second-order valence-corrected chi connectivity index (χ2v) is 7.02. The van der Waals surface area contributed by atoms with Crippen molar-refractivity contribution < 1.29 is 33.4 Å². The van der Waals surface area contributed by atoms with Gasteiger partial charge in [0.15, 0.2) is 6.61 Å². The highest BCUT2D eigenvalue weighted by Gasteiger charge is 2.30. The highest BCUT2D eigenvalue weighted by molar-refractivity contribution is 6.19. The number of benzene rings is 1. The van der Waals surface area contributed by atoms with Gasteiger partial charge in [-0.05, 0) is 36.6 Å². The number of esters is 2. The minimum absolute atomic E-state index is 0.148. The molecule has 156 valence electrons. The third-order valence-electron chi connectivity index (χ3n) is 4.28. The van der Waals surface area contributed by atoms with Crippen LogP contribution in [0.15, 0.2) is 24.3 Å². The molecule has 1 heterocycles. The number of carbonyl (C=O) groups is 5. The largest absolute Gasteiger partial charge is 0.467 e. The van der Waals surface area contributed by atoms with Crippen LogP contribution in [-0.4, -0.2) is 49.4 Å². The van der Waals surface area contributed by atoms with Gasteiger partial charge in [-0.25, -0.2) is 9.59 Å². The van der Waals surface area contributed by atoms with E-state index < -0.39 is 30.5 Å². The molecule has 9 nitrogen and oxygen atoms in total. The lowest BCUT2D eigenvalue weighted by Crippen LogP contribution is -2.44. The smallest absolute Gasteiger partial charge is 0.338 e. The van der Waals surface area contributed by atoms with E-state index in [1.807, 2.05) is 13.8 Å². The fourth-order valence-corrected chi connectivity index (χ4v) is 2.89. The zero-order valence-electron chi connectivity index (χ0n) is 16.6. The van der Waals surface area contributed by atoms with Crippen LogP contribution in [0.4, 0.5) is 5.69 Å². The van der Waals surface area contributed by atoms with Crippen LogP contribution in [0.5, 0.6) is 0 Å². The van der Waals surface area contributed by atoms with E-state index in [0.29, 0.717) is 12.1 Å². The van der Waals surface area contributed by atoms with Gasteiger partial charge in [-0.1, -0.05) is 13.8 Å². The van der Waals surface area contributed by atoms with E-state index in [2.05, 4.69) is 10.1 Å². The van der Waals surface area contributed by atoms with Gasteiger partial charge in [0.25, 0.3) is 5.91 Å². The summed E-state index contributed by atoms with van der Waals surface area (Å²) in [6.45, 7) is 3.24. The van der Waals surface area contributed by atoms with Crippen molar-refractivity contribution >= 4 is 35.3 Å². The van der Waals surface area contributed by atoms with Crippen LogP contribution in [-0.2, 0) is 28.7 Å². The summed E-state index contributed by atoms with van der Waals surface area (Å²) < 4.78 is 9.63. The van der Waals surface area contributed by atoms with E-state index in [1.165, 1.54) is 31.4 Å². The standard InChI is InChI=1S/C20H24N2O7/c1-12(2)10-15(20(27)28-3)21-16(23)11-29-19(26)13-4-6-14(7-5-13)22-17(24)8-9-18(22)25/h4-7,12,15H,8-11H2,1-3H3,(H,21,23)/t15-/m1/s1. The van der Waals surface area contributed by atoms with Crippen molar-refractivity contribution in [3.63, 3.8) is 0 Å². The van der Waals surface area contributed by atoms with E-state index in [9.17, 15) is 24.0 Å². The molecule has 0 radical (unpaired) electrons. The summed E-state index contributed by atoms with van der Waals surface area (Å²) in [6.07, 6.45) is 0.726. The molecule has 1 fully saturated rings. The predicted octanol–water partition coefficient (Wildman–Crippen LogP) is 1.20. The Morgan fingerprint density at radius 3 is 2.17 bits per heavy atom. The number of methoxy groups -OCH3 is 1. The average Bonchev–Trinajstić information content (AvgIpc) is 3.03. The number of rotatable bonds is 8. The Bertz CT molecular complexity index is 786. The second kappa shape index (κ2) is 9.81. The zero-order chi connectivity index (χ0) is 21.6. The first-order chi connectivity index (χ1) is 13.7. The number of nitrogens with one attached hydrogen (secondary N) is 1. The molecule has 3 amide bonds. The van der Waals surface area contributed by atoms with Crippen LogP contribution in [0, 0.1) is 5.92 Å². The summed E-state index contributed by atoms with van der Waals surface area (Å²) in [5, 5.41) is 2.49. The maximum Gasteiger partial charge on any atom is 0.338 e. The molecular formula is C20H24N2O7. The van der Waals surface area contributed by atoms with Gasteiger partial charge in [0.05, 0.1) is 18.4 Å². The fraction of sp³-hybridized carbons (Fsp3) is 0.450. The summed E-state index contributed by atoms with van der Waals surface area (Å²) in [7, 11) is 1.23. The highest BCUT2D eigenvalue weighted by atomic mass is 16.5. The van der Waals surface area contributed by atoms with Crippen molar-refractivity contribution in [1.82, 2.24) is 5.32 Å². The number of carbonyl (C=O) groups excluding carboxylic acids is 5. The Morgan fingerprint density at radius 1 is 1.07 bits per heavy atom. The monoisotopic (exact) mass is 404 g/mol. The molecule has 1 aliphatic rings. The highest BCUT2D eigenvalue weighted by Crippen LogP contribution is 2.22. The molecule has 1 aliphatic heterocycles. The molecule has 1 aromatic carbocycles. The van der Waals surface area contributed by atoms with Crippen LogP contribution >= 0.6 is 0 Å². The summed E-state index contributed by atoms with van der Waals surface area (Å²) in [5.41, 5.74) is 0.536. The molecule has 0 aliphatic carbocycles. The van der Waals surface area contributed by atoms with Crippen LogP contribution in [0.25, 0.3) is 0 Å². The summed E-state index contributed by atoms with van der Waals surface area (Å²) in [4.78, 5) is 60.4. The molecule has 0 spiro atoms. The molecule has 0 aromatic heterocycles. The molecule has 9 heteroatoms. The van der Waals surface area contributed by atoms with Crippen molar-refractivity contribution in [2.24, 2.45) is 5.92 Å². The maximum atomic E-state index is 12.1. The Kier molecular flexibility index (Phi) is 7.46. The predicted molar refractivity (Wildman–Crippen MR) is 102 cm³/mol. The van der Waals surface area contributed by atoms with Crippen molar-refractivity contribution in [3.05, 3.63) is 29.8 Å². The van der Waals surface area contributed by atoms with Crippen molar-refractivity contribution in [2.75, 3.05) is 18.6 Å². The van der Waals surface area contributed by atoms with Gasteiger partial charge in [0.2, 0.25) is 11.8 Å². The van der Waals surface area contributed by atoms with E-state index in [4.69, 9.17) is 4.74 Å². The van der Waals surface area contributed by atoms with Gasteiger partial charge in [-0.2, -0.15) is 0 Å². The number of hydrogen-bond acceptors (Lipinski definition) is 7. The lowest BCUT2D eigenvalue weighted by Gasteiger charge is -2.18. The van der Waals surface area contributed by atoms with Gasteiger partial charge in [0, 0.05) is 12.8 Å². The molecule has 2 rings (SSSR count). The Hall–Kier alpha value is -3.23. The Morgan fingerprint density at radius 2 is 1.66 bits per heavy atom. The Labute approximate surface area is 168 Å². The van der Waals surface area contributed by atoms with Gasteiger partial charge >= 0.3 is 11.9 Å². The topological polar surface area (TPSA) is 119 Å². The summed E-state index contributed by atoms with van der Waals surface area (Å²) in [6, 6.07) is 4.93. The first-order valence-corrected chi connectivity index (χ1v) is 9.23. The van der Waals surface area contributed by atoms with Crippen molar-refractivity contribution in [2.45, 2.75) is 39.2 Å². The van der Waals surface area contributed by atoms with Crippen LogP contribution in [0.1, 0.15) is 43.5 Å². The zero-order valence-corrected chi connectivity index (χ0v) is 16.6. The number of imide groups is 1. The number of amides is 3. The number of hydrogen-bond donors (Lipinski definition) is 1. The number of ether oxygens (including phenoxy) is 2.